The second-order valence-corrected chi connectivity index (χ2v) is 4.40. The molecule has 1 unspecified atom stereocenters. The lowest BCUT2D eigenvalue weighted by atomic mass is 10.3. The van der Waals surface area contributed by atoms with Gasteiger partial charge in [-0.25, -0.2) is 0 Å². The molecule has 1 saturated heterocycles. The van der Waals surface area contributed by atoms with Crippen molar-refractivity contribution in [2.75, 3.05) is 5.75 Å². The number of nitrogens with one attached hydrogen (secondary N) is 1. The van der Waals surface area contributed by atoms with Crippen LogP contribution in [-0.2, 0) is 14.4 Å². The Balaban J connectivity index is 2.49. The van der Waals surface area contributed by atoms with Crippen LogP contribution in [-0.4, -0.2) is 34.0 Å². The van der Waals surface area contributed by atoms with Crippen LogP contribution < -0.4 is 11.1 Å². The molecule has 0 saturated carbocycles. The fourth-order valence-corrected chi connectivity index (χ4v) is 2.16. The van der Waals surface area contributed by atoms with E-state index in [0.717, 1.165) is 11.8 Å². The van der Waals surface area contributed by atoms with Crippen LogP contribution in [0.25, 0.3) is 0 Å². The summed E-state index contributed by atoms with van der Waals surface area (Å²) in [6.07, 6.45) is 0.0501. The largest absolute Gasteiger partial charge is 0.320 e. The fraction of sp³-hybridized carbons (Fsp3) is 0.571. The third-order valence-corrected chi connectivity index (χ3v) is 3.28. The standard InChI is InChI=1S/C7H10N2O3S2/c8-3(2-13)7(12)14-4-1-5(10)9-6(4)11/h3-4,13H,1-2,8H2,(H,9,10,11)/t3-,4?/m0/s1. The summed E-state index contributed by atoms with van der Waals surface area (Å²) in [4.78, 5) is 33.1. The highest BCUT2D eigenvalue weighted by atomic mass is 32.2. The number of carbonyl (C=O) groups is 3. The number of imide groups is 1. The van der Waals surface area contributed by atoms with Gasteiger partial charge in [0.1, 0.15) is 5.25 Å². The SMILES string of the molecule is N[C@@H](CS)C(=O)SC1CC(=O)NC1=O. The predicted molar refractivity (Wildman–Crippen MR) is 56.0 cm³/mol. The lowest BCUT2D eigenvalue weighted by Crippen LogP contribution is -2.32. The summed E-state index contributed by atoms with van der Waals surface area (Å²) in [6.45, 7) is 0. The molecule has 1 fully saturated rings. The summed E-state index contributed by atoms with van der Waals surface area (Å²) < 4.78 is 0. The number of hydrogen-bond donors (Lipinski definition) is 3. The van der Waals surface area contributed by atoms with Gasteiger partial charge in [-0.15, -0.1) is 0 Å². The zero-order chi connectivity index (χ0) is 10.7. The van der Waals surface area contributed by atoms with E-state index in [0.29, 0.717) is 0 Å². The van der Waals surface area contributed by atoms with E-state index >= 15 is 0 Å². The second-order valence-electron chi connectivity index (χ2n) is 2.83. The van der Waals surface area contributed by atoms with Gasteiger partial charge in [0.05, 0.1) is 6.04 Å². The molecule has 14 heavy (non-hydrogen) atoms. The zero-order valence-corrected chi connectivity index (χ0v) is 8.94. The molecule has 0 spiro atoms. The molecule has 0 bridgehead atoms. The van der Waals surface area contributed by atoms with Crippen LogP contribution >= 0.6 is 24.4 Å². The van der Waals surface area contributed by atoms with Crippen molar-refractivity contribution in [3.63, 3.8) is 0 Å². The Hall–Kier alpha value is -0.530. The number of amides is 2. The molecule has 0 radical (unpaired) electrons. The van der Waals surface area contributed by atoms with Crippen molar-refractivity contribution in [3.8, 4) is 0 Å². The van der Waals surface area contributed by atoms with Crippen molar-refractivity contribution in [3.05, 3.63) is 0 Å². The van der Waals surface area contributed by atoms with Crippen molar-refractivity contribution in [1.29, 1.82) is 0 Å². The Morgan fingerprint density at radius 3 is 2.79 bits per heavy atom. The van der Waals surface area contributed by atoms with Gasteiger partial charge in [-0.1, -0.05) is 11.8 Å². The Morgan fingerprint density at radius 2 is 2.36 bits per heavy atom. The van der Waals surface area contributed by atoms with E-state index < -0.39 is 17.2 Å². The highest BCUT2D eigenvalue weighted by Gasteiger charge is 2.33. The van der Waals surface area contributed by atoms with Crippen molar-refractivity contribution in [2.24, 2.45) is 5.73 Å². The Kier molecular flexibility index (Phi) is 3.97. The molecule has 7 heteroatoms. The number of thioether (sulfide) groups is 1. The average molecular weight is 234 g/mol. The summed E-state index contributed by atoms with van der Waals surface area (Å²) in [5.41, 5.74) is 5.41. The Morgan fingerprint density at radius 1 is 1.71 bits per heavy atom. The molecule has 2 amide bonds. The topological polar surface area (TPSA) is 89.3 Å². The number of carbonyl (C=O) groups excluding carboxylic acids is 3. The van der Waals surface area contributed by atoms with E-state index in [9.17, 15) is 14.4 Å². The van der Waals surface area contributed by atoms with Crippen LogP contribution in [0.5, 0.6) is 0 Å². The maximum Gasteiger partial charge on any atom is 0.240 e. The summed E-state index contributed by atoms with van der Waals surface area (Å²) in [5.74, 6) is -0.534. The minimum absolute atomic E-state index is 0.0501. The first-order valence-corrected chi connectivity index (χ1v) is 5.46. The normalized spacial score (nSPS) is 23.4. The van der Waals surface area contributed by atoms with Crippen LogP contribution in [0, 0.1) is 0 Å². The van der Waals surface area contributed by atoms with Gasteiger partial charge in [-0.3, -0.25) is 19.7 Å². The first-order chi connectivity index (χ1) is 6.54. The molecule has 1 aliphatic rings. The van der Waals surface area contributed by atoms with Crippen LogP contribution in [0.4, 0.5) is 0 Å². The number of hydrogen-bond acceptors (Lipinski definition) is 6. The first kappa shape index (κ1) is 11.5. The minimum atomic E-state index is -0.688. The van der Waals surface area contributed by atoms with Crippen LogP contribution in [0.2, 0.25) is 0 Å². The Labute approximate surface area is 90.6 Å². The van der Waals surface area contributed by atoms with E-state index in [-0.39, 0.29) is 23.2 Å². The molecular formula is C7H10N2O3S2. The fourth-order valence-electron chi connectivity index (χ4n) is 0.927. The monoisotopic (exact) mass is 234 g/mol. The smallest absolute Gasteiger partial charge is 0.240 e. The molecule has 1 rings (SSSR count). The maximum atomic E-state index is 11.3. The molecule has 2 atom stereocenters. The van der Waals surface area contributed by atoms with Crippen molar-refractivity contribution < 1.29 is 14.4 Å². The molecule has 5 nitrogen and oxygen atoms in total. The highest BCUT2D eigenvalue weighted by Crippen LogP contribution is 2.21. The Bertz CT molecular complexity index is 282. The number of nitrogens with two attached hydrogens (primary N) is 1. The van der Waals surface area contributed by atoms with Crippen LogP contribution in [0.1, 0.15) is 6.42 Å². The van der Waals surface area contributed by atoms with Gasteiger partial charge in [-0.2, -0.15) is 12.6 Å². The third-order valence-electron chi connectivity index (χ3n) is 1.68. The third kappa shape index (κ3) is 2.73. The van der Waals surface area contributed by atoms with Gasteiger partial charge >= 0.3 is 0 Å². The summed E-state index contributed by atoms with van der Waals surface area (Å²) in [7, 11) is 0. The number of rotatable bonds is 3. The zero-order valence-electron chi connectivity index (χ0n) is 7.23. The highest BCUT2D eigenvalue weighted by molar-refractivity contribution is 8.15. The van der Waals surface area contributed by atoms with Crippen molar-refractivity contribution >= 4 is 41.3 Å². The van der Waals surface area contributed by atoms with Crippen molar-refractivity contribution in [1.82, 2.24) is 5.32 Å². The maximum absolute atomic E-state index is 11.3. The van der Waals surface area contributed by atoms with E-state index in [4.69, 9.17) is 5.73 Å². The van der Waals surface area contributed by atoms with Gasteiger partial charge in [-0.05, 0) is 0 Å². The minimum Gasteiger partial charge on any atom is -0.320 e. The van der Waals surface area contributed by atoms with Crippen LogP contribution in [0.15, 0.2) is 0 Å². The van der Waals surface area contributed by atoms with Gasteiger partial charge in [0.25, 0.3) is 0 Å². The lowest BCUT2D eigenvalue weighted by molar-refractivity contribution is -0.124. The average Bonchev–Trinajstić information content (AvgIpc) is 2.44. The summed E-state index contributed by atoms with van der Waals surface area (Å²) >= 11 is 4.67. The molecule has 3 N–H and O–H groups in total. The lowest BCUT2D eigenvalue weighted by Gasteiger charge is -2.08. The van der Waals surface area contributed by atoms with Gasteiger partial charge in [0.15, 0.2) is 0 Å². The molecule has 0 aromatic rings. The second kappa shape index (κ2) is 4.81. The molecule has 0 aromatic carbocycles. The predicted octanol–water partition coefficient (Wildman–Crippen LogP) is -1.08. The van der Waals surface area contributed by atoms with Crippen molar-refractivity contribution in [2.45, 2.75) is 17.7 Å². The van der Waals surface area contributed by atoms with E-state index in [1.807, 2.05) is 0 Å². The van der Waals surface area contributed by atoms with Crippen LogP contribution in [0.3, 0.4) is 0 Å². The molecule has 1 heterocycles. The van der Waals surface area contributed by atoms with E-state index in [1.165, 1.54) is 0 Å². The molecule has 0 aliphatic carbocycles. The summed E-state index contributed by atoms with van der Waals surface area (Å²) in [5, 5.41) is 1.18. The first-order valence-electron chi connectivity index (χ1n) is 3.95. The van der Waals surface area contributed by atoms with Gasteiger partial charge in [0, 0.05) is 12.2 Å². The van der Waals surface area contributed by atoms with E-state index in [2.05, 4.69) is 17.9 Å². The van der Waals surface area contributed by atoms with Gasteiger partial charge in [0.2, 0.25) is 16.9 Å². The molecule has 78 valence electrons. The van der Waals surface area contributed by atoms with Gasteiger partial charge < -0.3 is 5.73 Å². The molecule has 1 aliphatic heterocycles. The molecular weight excluding hydrogens is 224 g/mol. The molecule has 0 aromatic heterocycles. The number of thiol groups is 1. The summed E-state index contributed by atoms with van der Waals surface area (Å²) in [6, 6.07) is -0.688. The quantitative estimate of drug-likeness (QED) is 0.427. The van der Waals surface area contributed by atoms with E-state index in [1.54, 1.807) is 0 Å².